The van der Waals surface area contributed by atoms with E-state index in [4.69, 9.17) is 14.7 Å². The molecule has 1 aliphatic heterocycles. The molecule has 4 rings (SSSR count). The number of carbonyl (C=O) groups excluding carboxylic acids is 1. The number of rotatable bonds is 5. The Morgan fingerprint density at radius 3 is 2.66 bits per heavy atom. The normalized spacial score (nSPS) is 15.6. The van der Waals surface area contributed by atoms with Gasteiger partial charge in [-0.3, -0.25) is 4.79 Å². The molecule has 1 fully saturated rings. The number of hydrogen-bond donors (Lipinski definition) is 0. The molecule has 144 valence electrons. The maximum absolute atomic E-state index is 13.1. The number of hydrogen-bond acceptors (Lipinski definition) is 6. The zero-order chi connectivity index (χ0) is 20.1. The second-order valence-corrected chi connectivity index (χ2v) is 6.51. The van der Waals surface area contributed by atoms with E-state index in [9.17, 15) is 4.79 Å². The number of likely N-dealkylation sites (tertiary alicyclic amines) is 1. The molecule has 1 unspecified atom stereocenters. The van der Waals surface area contributed by atoms with Crippen molar-refractivity contribution in [3.63, 3.8) is 0 Å². The average Bonchev–Trinajstić information content (AvgIpc) is 3.23. The quantitative estimate of drug-likeness (QED) is 0.667. The molecule has 7 heteroatoms. The minimum atomic E-state index is -0.245. The van der Waals surface area contributed by atoms with E-state index in [2.05, 4.69) is 9.97 Å². The number of nitrogens with zero attached hydrogens (tertiary/aromatic N) is 4. The molecule has 2 heterocycles. The zero-order valence-corrected chi connectivity index (χ0v) is 15.6. The van der Waals surface area contributed by atoms with Crippen molar-refractivity contribution in [2.75, 3.05) is 13.1 Å². The second-order valence-electron chi connectivity index (χ2n) is 6.51. The van der Waals surface area contributed by atoms with Crippen LogP contribution < -0.4 is 9.47 Å². The number of benzene rings is 2. The first-order valence-electron chi connectivity index (χ1n) is 9.23. The number of para-hydroxylation sites is 2. The lowest BCUT2D eigenvalue weighted by Gasteiger charge is -2.19. The average molecular weight is 386 g/mol. The van der Waals surface area contributed by atoms with Crippen molar-refractivity contribution in [2.24, 2.45) is 0 Å². The molecular formula is C22H18N4O3. The lowest BCUT2D eigenvalue weighted by molar-refractivity contribution is 0.0768. The van der Waals surface area contributed by atoms with Crippen LogP contribution in [0.1, 0.15) is 22.5 Å². The monoisotopic (exact) mass is 386 g/mol. The highest BCUT2D eigenvalue weighted by molar-refractivity contribution is 5.97. The summed E-state index contributed by atoms with van der Waals surface area (Å²) >= 11 is 0. The van der Waals surface area contributed by atoms with Gasteiger partial charge in [-0.25, -0.2) is 9.97 Å². The van der Waals surface area contributed by atoms with Gasteiger partial charge in [-0.15, -0.1) is 0 Å². The smallest absolute Gasteiger partial charge is 0.257 e. The van der Waals surface area contributed by atoms with Gasteiger partial charge in [-0.2, -0.15) is 5.26 Å². The second kappa shape index (κ2) is 8.40. The van der Waals surface area contributed by atoms with Gasteiger partial charge in [0, 0.05) is 25.4 Å². The van der Waals surface area contributed by atoms with Crippen LogP contribution >= 0.6 is 0 Å². The van der Waals surface area contributed by atoms with Gasteiger partial charge in [0.1, 0.15) is 23.7 Å². The van der Waals surface area contributed by atoms with Crippen LogP contribution in [0.15, 0.2) is 67.0 Å². The standard InChI is InChI=1S/C22H18N4O3/c23-14-19-21(25-12-11-24-19)29-17-10-13-26(15-17)22(27)18-8-4-5-9-20(18)28-16-6-2-1-3-7-16/h1-9,11-12,17H,10,13,15H2. The fraction of sp³-hybridized carbons (Fsp3) is 0.182. The third-order valence-electron chi connectivity index (χ3n) is 4.57. The summed E-state index contributed by atoms with van der Waals surface area (Å²) < 4.78 is 11.7. The summed E-state index contributed by atoms with van der Waals surface area (Å²) in [4.78, 5) is 22.8. The summed E-state index contributed by atoms with van der Waals surface area (Å²) in [6.07, 6.45) is 3.32. The van der Waals surface area contributed by atoms with Crippen LogP contribution in [-0.2, 0) is 0 Å². The van der Waals surface area contributed by atoms with Crippen LogP contribution in [0.2, 0.25) is 0 Å². The molecule has 0 N–H and O–H groups in total. The van der Waals surface area contributed by atoms with Gasteiger partial charge in [-0.1, -0.05) is 30.3 Å². The van der Waals surface area contributed by atoms with Crippen LogP contribution in [0.5, 0.6) is 17.4 Å². The summed E-state index contributed by atoms with van der Waals surface area (Å²) in [5.74, 6) is 1.25. The van der Waals surface area contributed by atoms with Gasteiger partial charge in [0.15, 0.2) is 0 Å². The number of carbonyl (C=O) groups is 1. The Labute approximate surface area is 168 Å². The molecule has 0 saturated carbocycles. The highest BCUT2D eigenvalue weighted by Crippen LogP contribution is 2.28. The molecule has 7 nitrogen and oxygen atoms in total. The van der Waals surface area contributed by atoms with Crippen molar-refractivity contribution in [1.82, 2.24) is 14.9 Å². The first-order valence-corrected chi connectivity index (χ1v) is 9.23. The first kappa shape index (κ1) is 18.4. The summed E-state index contributed by atoms with van der Waals surface area (Å²) in [7, 11) is 0. The Morgan fingerprint density at radius 2 is 1.83 bits per heavy atom. The summed E-state index contributed by atoms with van der Waals surface area (Å²) in [5.41, 5.74) is 0.633. The number of ether oxygens (including phenoxy) is 2. The van der Waals surface area contributed by atoms with Gasteiger partial charge >= 0.3 is 0 Å². The Kier molecular flexibility index (Phi) is 5.34. The molecule has 1 amide bonds. The number of aromatic nitrogens is 2. The summed E-state index contributed by atoms with van der Waals surface area (Å²) in [6, 6.07) is 18.5. The van der Waals surface area contributed by atoms with Gasteiger partial charge < -0.3 is 14.4 Å². The van der Waals surface area contributed by atoms with Crippen LogP contribution in [0.25, 0.3) is 0 Å². The lowest BCUT2D eigenvalue weighted by Crippen LogP contribution is -2.31. The summed E-state index contributed by atoms with van der Waals surface area (Å²) in [6.45, 7) is 0.950. The van der Waals surface area contributed by atoms with Crippen LogP contribution in [-0.4, -0.2) is 40.0 Å². The molecule has 1 atom stereocenters. The summed E-state index contributed by atoms with van der Waals surface area (Å²) in [5, 5.41) is 9.12. The van der Waals surface area contributed by atoms with Crippen LogP contribution in [0.4, 0.5) is 0 Å². The minimum absolute atomic E-state index is 0.123. The highest BCUT2D eigenvalue weighted by Gasteiger charge is 2.30. The van der Waals surface area contributed by atoms with E-state index in [1.165, 1.54) is 12.4 Å². The molecule has 0 bridgehead atoms. The van der Waals surface area contributed by atoms with Crippen molar-refractivity contribution < 1.29 is 14.3 Å². The van der Waals surface area contributed by atoms with E-state index >= 15 is 0 Å². The van der Waals surface area contributed by atoms with E-state index in [-0.39, 0.29) is 23.6 Å². The third kappa shape index (κ3) is 4.17. The molecule has 3 aromatic rings. The molecule has 0 radical (unpaired) electrons. The van der Waals surface area contributed by atoms with Crippen molar-refractivity contribution in [1.29, 1.82) is 5.26 Å². The predicted octanol–water partition coefficient (Wildman–Crippen LogP) is 3.43. The molecule has 1 saturated heterocycles. The lowest BCUT2D eigenvalue weighted by atomic mass is 10.1. The Bertz CT molecular complexity index is 1050. The molecule has 0 spiro atoms. The third-order valence-corrected chi connectivity index (χ3v) is 4.57. The van der Waals surface area contributed by atoms with Crippen molar-refractivity contribution in [2.45, 2.75) is 12.5 Å². The fourth-order valence-electron chi connectivity index (χ4n) is 3.17. The maximum atomic E-state index is 13.1. The Balaban J connectivity index is 1.46. The van der Waals surface area contributed by atoms with Gasteiger partial charge in [0.2, 0.25) is 5.69 Å². The van der Waals surface area contributed by atoms with Crippen molar-refractivity contribution in [3.8, 4) is 23.4 Å². The van der Waals surface area contributed by atoms with Crippen LogP contribution in [0, 0.1) is 11.3 Å². The van der Waals surface area contributed by atoms with Gasteiger partial charge in [0.25, 0.3) is 11.8 Å². The topological polar surface area (TPSA) is 88.3 Å². The molecular weight excluding hydrogens is 368 g/mol. The van der Waals surface area contributed by atoms with E-state index in [1.54, 1.807) is 17.0 Å². The Morgan fingerprint density at radius 1 is 1.07 bits per heavy atom. The first-order chi connectivity index (χ1) is 14.2. The van der Waals surface area contributed by atoms with Crippen LogP contribution in [0.3, 0.4) is 0 Å². The van der Waals surface area contributed by atoms with Gasteiger partial charge in [0.05, 0.1) is 12.1 Å². The van der Waals surface area contributed by atoms with E-state index in [1.807, 2.05) is 48.5 Å². The Hall–Kier alpha value is -3.92. The molecule has 1 aliphatic rings. The highest BCUT2D eigenvalue weighted by atomic mass is 16.5. The van der Waals surface area contributed by atoms with Crippen molar-refractivity contribution in [3.05, 3.63) is 78.2 Å². The fourth-order valence-corrected chi connectivity index (χ4v) is 3.17. The van der Waals surface area contributed by atoms with E-state index < -0.39 is 0 Å². The van der Waals surface area contributed by atoms with Gasteiger partial charge in [-0.05, 0) is 24.3 Å². The SMILES string of the molecule is N#Cc1nccnc1OC1CCN(C(=O)c2ccccc2Oc2ccccc2)C1. The van der Waals surface area contributed by atoms with Crippen molar-refractivity contribution >= 4 is 5.91 Å². The van der Waals surface area contributed by atoms with E-state index in [0.29, 0.717) is 36.6 Å². The molecule has 0 aliphatic carbocycles. The largest absolute Gasteiger partial charge is 0.470 e. The minimum Gasteiger partial charge on any atom is -0.470 e. The van der Waals surface area contributed by atoms with E-state index in [0.717, 1.165) is 0 Å². The predicted molar refractivity (Wildman–Crippen MR) is 105 cm³/mol. The number of amides is 1. The molecule has 29 heavy (non-hydrogen) atoms. The zero-order valence-electron chi connectivity index (χ0n) is 15.6. The molecule has 1 aromatic heterocycles. The molecule has 2 aromatic carbocycles. The maximum Gasteiger partial charge on any atom is 0.257 e. The number of nitriles is 1.